The van der Waals surface area contributed by atoms with Gasteiger partial charge in [-0.1, -0.05) is 18.2 Å². The Bertz CT molecular complexity index is 1050. The van der Waals surface area contributed by atoms with Gasteiger partial charge in [0.1, 0.15) is 29.4 Å². The number of carbonyl (C=O) groups is 3. The van der Waals surface area contributed by atoms with E-state index in [1.54, 1.807) is 45.0 Å². The molecule has 31 heavy (non-hydrogen) atoms. The summed E-state index contributed by atoms with van der Waals surface area (Å²) in [6.45, 7) is 5.45. The molecule has 0 saturated heterocycles. The Morgan fingerprint density at radius 2 is 1.87 bits per heavy atom. The molecule has 1 amide bonds. The summed E-state index contributed by atoms with van der Waals surface area (Å²) in [5, 5.41) is 9.97. The molecule has 2 aliphatic rings. The van der Waals surface area contributed by atoms with Gasteiger partial charge in [-0.2, -0.15) is 5.26 Å². The third-order valence-electron chi connectivity index (χ3n) is 5.19. The zero-order valence-corrected chi connectivity index (χ0v) is 17.6. The van der Waals surface area contributed by atoms with Gasteiger partial charge in [0.2, 0.25) is 11.8 Å². The van der Waals surface area contributed by atoms with Gasteiger partial charge in [-0.15, -0.1) is 0 Å². The molecular formula is C22H23N3O6. The van der Waals surface area contributed by atoms with Crippen LogP contribution in [-0.2, 0) is 34.0 Å². The minimum atomic E-state index is -1.88. The van der Waals surface area contributed by atoms with Gasteiger partial charge >= 0.3 is 11.9 Å². The minimum absolute atomic E-state index is 0.0134. The fraction of sp³-hybridized carbons (Fsp3) is 0.364. The largest absolute Gasteiger partial charge is 0.466 e. The van der Waals surface area contributed by atoms with Crippen molar-refractivity contribution in [3.8, 4) is 6.07 Å². The van der Waals surface area contributed by atoms with Gasteiger partial charge in [-0.3, -0.25) is 9.59 Å². The van der Waals surface area contributed by atoms with Crippen LogP contribution in [0.15, 0.2) is 47.1 Å². The lowest BCUT2D eigenvalue weighted by atomic mass is 9.68. The number of rotatable bonds is 6. The number of nitriles is 1. The smallest absolute Gasteiger partial charge is 0.339 e. The van der Waals surface area contributed by atoms with E-state index < -0.39 is 29.7 Å². The van der Waals surface area contributed by atoms with Crippen molar-refractivity contribution in [1.29, 1.82) is 5.26 Å². The number of fused-ring (bicyclic) bond motifs is 2. The van der Waals surface area contributed by atoms with E-state index >= 15 is 0 Å². The molecule has 0 saturated carbocycles. The molecule has 0 aliphatic carbocycles. The van der Waals surface area contributed by atoms with Crippen molar-refractivity contribution in [2.45, 2.75) is 32.6 Å². The zero-order valence-electron chi connectivity index (χ0n) is 17.6. The lowest BCUT2D eigenvalue weighted by Gasteiger charge is -2.35. The molecule has 0 radical (unpaired) electrons. The number of hydrogen-bond acceptors (Lipinski definition) is 8. The van der Waals surface area contributed by atoms with Crippen LogP contribution in [0.1, 0.15) is 32.8 Å². The molecule has 0 aromatic heterocycles. The highest BCUT2D eigenvalue weighted by Gasteiger charge is 2.62. The van der Waals surface area contributed by atoms with Gasteiger partial charge in [0, 0.05) is 17.8 Å². The molecular weight excluding hydrogens is 402 g/mol. The number of amides is 1. The highest BCUT2D eigenvalue weighted by Crippen LogP contribution is 2.54. The number of nitrogens with zero attached hydrogens (tertiary/aromatic N) is 2. The molecule has 1 spiro atoms. The molecule has 3 rings (SSSR count). The maximum Gasteiger partial charge on any atom is 0.339 e. The van der Waals surface area contributed by atoms with Gasteiger partial charge in [0.05, 0.1) is 13.2 Å². The van der Waals surface area contributed by atoms with E-state index in [0.717, 1.165) is 0 Å². The maximum absolute atomic E-state index is 13.8. The number of ether oxygens (including phenoxy) is 3. The Morgan fingerprint density at radius 3 is 2.48 bits per heavy atom. The normalized spacial score (nSPS) is 19.8. The van der Waals surface area contributed by atoms with Gasteiger partial charge in [0.15, 0.2) is 5.41 Å². The van der Waals surface area contributed by atoms with Crippen molar-refractivity contribution in [2.75, 3.05) is 24.7 Å². The van der Waals surface area contributed by atoms with Gasteiger partial charge in [0.25, 0.3) is 0 Å². The first-order chi connectivity index (χ1) is 14.9. The Labute approximate surface area is 179 Å². The standard InChI is InChI=1S/C22H23N3O6/c1-4-25-15-10-8-7-9-13(15)22(21(25)28)14(12-23)19(24)31-16(11-17(26)29-5-2)18(22)20(27)30-6-3/h7-10H,4-6,11,24H2,1-3H3. The highest BCUT2D eigenvalue weighted by molar-refractivity contribution is 6.18. The van der Waals surface area contributed by atoms with Crippen LogP contribution >= 0.6 is 0 Å². The first kappa shape index (κ1) is 21.9. The molecule has 0 bridgehead atoms. The Hall–Kier alpha value is -3.80. The monoisotopic (exact) mass is 425 g/mol. The SMILES string of the molecule is CCOC(=O)CC1=C(C(=O)OCC)C2(C(=O)N(CC)c3ccccc32)C(C#N)=C(N)O1. The second-order valence-corrected chi connectivity index (χ2v) is 6.77. The van der Waals surface area contributed by atoms with Crippen LogP contribution in [0.5, 0.6) is 0 Å². The van der Waals surface area contributed by atoms with E-state index in [0.29, 0.717) is 17.8 Å². The van der Waals surface area contributed by atoms with Crippen LogP contribution in [0.3, 0.4) is 0 Å². The molecule has 1 atom stereocenters. The summed E-state index contributed by atoms with van der Waals surface area (Å²) in [4.78, 5) is 40.7. The molecule has 2 aliphatic heterocycles. The molecule has 2 heterocycles. The van der Waals surface area contributed by atoms with Gasteiger partial charge < -0.3 is 24.8 Å². The second kappa shape index (κ2) is 8.52. The van der Waals surface area contributed by atoms with Crippen molar-refractivity contribution in [1.82, 2.24) is 0 Å². The number of benzene rings is 1. The van der Waals surface area contributed by atoms with E-state index in [2.05, 4.69) is 0 Å². The fourth-order valence-corrected chi connectivity index (χ4v) is 4.08. The molecule has 9 nitrogen and oxygen atoms in total. The minimum Gasteiger partial charge on any atom is -0.466 e. The second-order valence-electron chi connectivity index (χ2n) is 6.77. The number of para-hydroxylation sites is 1. The zero-order chi connectivity index (χ0) is 22.8. The van der Waals surface area contributed by atoms with Gasteiger partial charge in [-0.25, -0.2) is 4.79 Å². The van der Waals surface area contributed by atoms with E-state index in [9.17, 15) is 19.6 Å². The lowest BCUT2D eigenvalue weighted by molar-refractivity contribution is -0.143. The average Bonchev–Trinajstić information content (AvgIpc) is 2.97. The number of hydrogen-bond donors (Lipinski definition) is 1. The van der Waals surface area contributed by atoms with Crippen molar-refractivity contribution in [3.63, 3.8) is 0 Å². The predicted molar refractivity (Wildman–Crippen MR) is 109 cm³/mol. The highest BCUT2D eigenvalue weighted by atomic mass is 16.5. The first-order valence-electron chi connectivity index (χ1n) is 9.94. The summed E-state index contributed by atoms with van der Waals surface area (Å²) in [7, 11) is 0. The quantitative estimate of drug-likeness (QED) is 0.682. The van der Waals surface area contributed by atoms with Crippen molar-refractivity contribution in [2.24, 2.45) is 5.73 Å². The van der Waals surface area contributed by atoms with Crippen LogP contribution in [0.25, 0.3) is 0 Å². The summed E-state index contributed by atoms with van der Waals surface area (Å²) in [6.07, 6.45) is -0.454. The fourth-order valence-electron chi connectivity index (χ4n) is 4.08. The molecule has 1 unspecified atom stereocenters. The topological polar surface area (TPSA) is 132 Å². The van der Waals surface area contributed by atoms with Crippen molar-refractivity contribution >= 4 is 23.5 Å². The third kappa shape index (κ3) is 3.20. The number of likely N-dealkylation sites (N-methyl/N-ethyl adjacent to an activating group) is 1. The summed E-state index contributed by atoms with van der Waals surface area (Å²) in [5.74, 6) is -2.61. The Balaban J connectivity index is 2.39. The summed E-state index contributed by atoms with van der Waals surface area (Å²) >= 11 is 0. The number of esters is 2. The molecule has 2 N–H and O–H groups in total. The number of carbonyl (C=O) groups excluding carboxylic acids is 3. The molecule has 162 valence electrons. The van der Waals surface area contributed by atoms with Crippen molar-refractivity contribution < 1.29 is 28.6 Å². The van der Waals surface area contributed by atoms with E-state index in [1.165, 1.54) is 4.90 Å². The first-order valence-corrected chi connectivity index (χ1v) is 9.94. The van der Waals surface area contributed by atoms with E-state index in [4.69, 9.17) is 19.9 Å². The maximum atomic E-state index is 13.8. The Morgan fingerprint density at radius 1 is 1.19 bits per heavy atom. The predicted octanol–water partition coefficient (Wildman–Crippen LogP) is 1.79. The van der Waals surface area contributed by atoms with Crippen LogP contribution in [0.2, 0.25) is 0 Å². The molecule has 1 aromatic carbocycles. The van der Waals surface area contributed by atoms with Crippen molar-refractivity contribution in [3.05, 3.63) is 52.6 Å². The number of anilines is 1. The third-order valence-corrected chi connectivity index (χ3v) is 5.19. The Kier molecular flexibility index (Phi) is 6.02. The number of nitrogens with two attached hydrogens (primary N) is 1. The molecule has 0 fully saturated rings. The van der Waals surface area contributed by atoms with Crippen LogP contribution in [-0.4, -0.2) is 37.6 Å². The lowest BCUT2D eigenvalue weighted by Crippen LogP contribution is -2.48. The van der Waals surface area contributed by atoms with Gasteiger partial charge in [-0.05, 0) is 26.8 Å². The molecule has 1 aromatic rings. The summed E-state index contributed by atoms with van der Waals surface area (Å²) in [5.41, 5.74) is 4.65. The van der Waals surface area contributed by atoms with Crippen LogP contribution < -0.4 is 10.6 Å². The van der Waals surface area contributed by atoms with E-state index in [-0.39, 0.29) is 36.0 Å². The average molecular weight is 425 g/mol. The molecule has 9 heteroatoms. The summed E-state index contributed by atoms with van der Waals surface area (Å²) < 4.78 is 15.8. The summed E-state index contributed by atoms with van der Waals surface area (Å²) in [6, 6.07) is 8.77. The van der Waals surface area contributed by atoms with Crippen LogP contribution in [0, 0.1) is 11.3 Å². The van der Waals surface area contributed by atoms with Crippen LogP contribution in [0.4, 0.5) is 5.69 Å². The van der Waals surface area contributed by atoms with E-state index in [1.807, 2.05) is 6.07 Å².